The first kappa shape index (κ1) is 31.1. The third kappa shape index (κ3) is 6.13. The fourth-order valence-electron chi connectivity index (χ4n) is 7.99. The van der Waals surface area contributed by atoms with Crippen LogP contribution in [0, 0.1) is 29.1 Å². The Labute approximate surface area is 264 Å². The first-order chi connectivity index (χ1) is 20.9. The van der Waals surface area contributed by atoms with E-state index in [0.29, 0.717) is 47.0 Å². The first-order valence-corrected chi connectivity index (χ1v) is 16.7. The van der Waals surface area contributed by atoms with Gasteiger partial charge in [0.15, 0.2) is 5.78 Å². The minimum Gasteiger partial charge on any atom is -0.471 e. The fraction of sp³-hybridized carbons (Fsp3) is 0.676. The molecule has 2 aliphatic carbocycles. The van der Waals surface area contributed by atoms with Crippen molar-refractivity contribution < 1.29 is 23.9 Å². The Morgan fingerprint density at radius 1 is 1.05 bits per heavy atom. The molecule has 9 nitrogen and oxygen atoms in total. The molecule has 10 heteroatoms. The summed E-state index contributed by atoms with van der Waals surface area (Å²) >= 11 is 6.30. The number of ether oxygens (including phenoxy) is 2. The van der Waals surface area contributed by atoms with E-state index < -0.39 is 29.7 Å². The summed E-state index contributed by atoms with van der Waals surface area (Å²) in [5.41, 5.74) is 1.56. The summed E-state index contributed by atoms with van der Waals surface area (Å²) in [5, 5.41) is 3.49. The Hall–Kier alpha value is -2.94. The number of rotatable bonds is 2. The lowest BCUT2D eigenvalue weighted by Crippen LogP contribution is -2.57. The van der Waals surface area contributed by atoms with E-state index in [1.165, 1.54) is 13.3 Å². The third-order valence-electron chi connectivity index (χ3n) is 10.3. The van der Waals surface area contributed by atoms with Crippen molar-refractivity contribution in [3.05, 3.63) is 28.9 Å². The number of fused-ring (bicyclic) bond motifs is 7. The SMILES string of the molecule is CC[C@@H]1[C@@H]2CN(C(=O)[C@H](C(C)(C)C)NC(=O)O[C@@H]3CC4CC4[C@H]3CCCCCc3nc4ccc(Cl)cc4nc3O2)[C@@H]1C(C)=O. The number of nitrogens with zero attached hydrogens (tertiary/aromatic N) is 3. The van der Waals surface area contributed by atoms with E-state index in [1.54, 1.807) is 11.0 Å². The van der Waals surface area contributed by atoms with Crippen LogP contribution in [-0.4, -0.2) is 63.5 Å². The highest BCUT2D eigenvalue weighted by Gasteiger charge is 2.55. The quantitative estimate of drug-likeness (QED) is 0.427. The molecule has 1 aromatic heterocycles. The minimum absolute atomic E-state index is 0.109. The molecular weight excluding hydrogens is 580 g/mol. The molecule has 3 fully saturated rings. The molecule has 8 atom stereocenters. The van der Waals surface area contributed by atoms with Crippen LogP contribution in [0.4, 0.5) is 4.79 Å². The molecule has 6 rings (SSSR count). The molecule has 238 valence electrons. The number of aromatic nitrogens is 2. The number of hydrogen-bond acceptors (Lipinski definition) is 7. The van der Waals surface area contributed by atoms with E-state index >= 15 is 0 Å². The van der Waals surface area contributed by atoms with Gasteiger partial charge in [0.1, 0.15) is 23.9 Å². The predicted molar refractivity (Wildman–Crippen MR) is 167 cm³/mol. The van der Waals surface area contributed by atoms with E-state index in [0.717, 1.165) is 43.3 Å². The van der Waals surface area contributed by atoms with Crippen LogP contribution < -0.4 is 10.1 Å². The average Bonchev–Trinajstić information content (AvgIpc) is 3.49. The summed E-state index contributed by atoms with van der Waals surface area (Å²) in [4.78, 5) is 52.2. The van der Waals surface area contributed by atoms with Gasteiger partial charge in [0.2, 0.25) is 11.8 Å². The van der Waals surface area contributed by atoms with Crippen molar-refractivity contribution >= 4 is 40.4 Å². The Bertz CT molecular complexity index is 1440. The Morgan fingerprint density at radius 2 is 1.84 bits per heavy atom. The molecule has 1 saturated heterocycles. The number of halogens is 1. The molecule has 3 heterocycles. The van der Waals surface area contributed by atoms with E-state index in [9.17, 15) is 14.4 Å². The van der Waals surface area contributed by atoms with Crippen molar-refractivity contribution in [2.24, 2.45) is 29.1 Å². The van der Waals surface area contributed by atoms with Crippen LogP contribution in [0.3, 0.4) is 0 Å². The van der Waals surface area contributed by atoms with Crippen LogP contribution in [0.1, 0.15) is 85.3 Å². The van der Waals surface area contributed by atoms with Gasteiger partial charge in [0, 0.05) is 10.9 Å². The number of nitrogens with one attached hydrogen (secondary N) is 1. The third-order valence-corrected chi connectivity index (χ3v) is 10.6. The number of ketones is 1. The van der Waals surface area contributed by atoms with Gasteiger partial charge in [0.25, 0.3) is 0 Å². The smallest absolute Gasteiger partial charge is 0.408 e. The van der Waals surface area contributed by atoms with Gasteiger partial charge < -0.3 is 19.7 Å². The Balaban J connectivity index is 1.37. The standard InChI is InChI=1S/C34H45ClN4O5/c1-6-21-28-17-39(29(21)18(2)40)32(41)30(34(3,4)5)38-33(42)44-27-15-19-14-23(19)22(27)10-8-7-9-11-25-31(43-28)37-26-16-20(35)12-13-24(26)36-25/h12-13,16,19,21-23,27-30H,6-11,14-15,17H2,1-5H3,(H,38,42)/t19?,21-,22-,23?,27-,28+,29-,30-/m1/s1. The number of alkyl carbamates (subject to hydrolysis) is 1. The monoisotopic (exact) mass is 624 g/mol. The normalized spacial score (nSPS) is 32.8. The molecule has 4 aliphatic rings. The Kier molecular flexibility index (Phi) is 8.54. The van der Waals surface area contributed by atoms with Crippen LogP contribution in [0.2, 0.25) is 5.02 Å². The topological polar surface area (TPSA) is 111 Å². The molecule has 2 aliphatic heterocycles. The van der Waals surface area contributed by atoms with Crippen LogP contribution >= 0.6 is 11.6 Å². The largest absolute Gasteiger partial charge is 0.471 e. The van der Waals surface area contributed by atoms with Crippen LogP contribution in [0.15, 0.2) is 18.2 Å². The van der Waals surface area contributed by atoms with E-state index in [2.05, 4.69) is 5.32 Å². The molecule has 2 bridgehead atoms. The van der Waals surface area contributed by atoms with Gasteiger partial charge in [-0.15, -0.1) is 0 Å². The zero-order chi connectivity index (χ0) is 31.3. The van der Waals surface area contributed by atoms with Crippen molar-refractivity contribution in [3.8, 4) is 5.88 Å². The maximum Gasteiger partial charge on any atom is 0.408 e. The van der Waals surface area contributed by atoms with Gasteiger partial charge in [-0.2, -0.15) is 0 Å². The molecule has 1 aromatic carbocycles. The van der Waals surface area contributed by atoms with Gasteiger partial charge in [0.05, 0.1) is 23.6 Å². The van der Waals surface area contributed by atoms with E-state index in [1.807, 2.05) is 39.8 Å². The summed E-state index contributed by atoms with van der Waals surface area (Å²) in [6.45, 7) is 9.49. The van der Waals surface area contributed by atoms with E-state index in [-0.39, 0.29) is 30.3 Å². The summed E-state index contributed by atoms with van der Waals surface area (Å²) in [6.07, 6.45) is 6.29. The fourth-order valence-corrected chi connectivity index (χ4v) is 8.15. The summed E-state index contributed by atoms with van der Waals surface area (Å²) in [6, 6.07) is 3.91. The molecule has 2 aromatic rings. The highest BCUT2D eigenvalue weighted by molar-refractivity contribution is 6.31. The highest BCUT2D eigenvalue weighted by atomic mass is 35.5. The minimum atomic E-state index is -0.875. The second-order valence-corrected chi connectivity index (χ2v) is 14.9. The van der Waals surface area contributed by atoms with Crippen molar-refractivity contribution in [2.75, 3.05) is 6.54 Å². The maximum absolute atomic E-state index is 14.3. The van der Waals surface area contributed by atoms with Gasteiger partial charge in [-0.25, -0.2) is 14.8 Å². The molecule has 2 amide bonds. The molecule has 2 saturated carbocycles. The number of carbonyl (C=O) groups is 3. The summed E-state index contributed by atoms with van der Waals surface area (Å²) in [7, 11) is 0. The molecule has 1 N–H and O–H groups in total. The zero-order valence-electron chi connectivity index (χ0n) is 26.5. The number of carbonyl (C=O) groups excluding carboxylic acids is 3. The second-order valence-electron chi connectivity index (χ2n) is 14.4. The lowest BCUT2D eigenvalue weighted by molar-refractivity contribution is -0.141. The van der Waals surface area contributed by atoms with Crippen molar-refractivity contribution in [3.63, 3.8) is 0 Å². The molecule has 44 heavy (non-hydrogen) atoms. The summed E-state index contributed by atoms with van der Waals surface area (Å²) < 4.78 is 12.7. The maximum atomic E-state index is 14.3. The lowest BCUT2D eigenvalue weighted by Gasteiger charge is -2.36. The van der Waals surface area contributed by atoms with Crippen LogP contribution in [0.5, 0.6) is 5.88 Å². The number of aryl methyl sites for hydroxylation is 1. The predicted octanol–water partition coefficient (Wildman–Crippen LogP) is 6.14. The van der Waals surface area contributed by atoms with Crippen LogP contribution in [0.25, 0.3) is 11.0 Å². The highest BCUT2D eigenvalue weighted by Crippen LogP contribution is 2.57. The zero-order valence-corrected chi connectivity index (χ0v) is 27.2. The van der Waals surface area contributed by atoms with Crippen LogP contribution in [-0.2, 0) is 20.7 Å². The van der Waals surface area contributed by atoms with Gasteiger partial charge in [-0.3, -0.25) is 9.59 Å². The van der Waals surface area contributed by atoms with Crippen molar-refractivity contribution in [2.45, 2.75) is 110 Å². The molecule has 2 unspecified atom stereocenters. The van der Waals surface area contributed by atoms with Gasteiger partial charge in [-0.1, -0.05) is 52.1 Å². The van der Waals surface area contributed by atoms with Gasteiger partial charge in [-0.05, 0) is 86.8 Å². The number of hydrogen-bond donors (Lipinski definition) is 1. The molecule has 0 spiro atoms. The second kappa shape index (κ2) is 12.1. The number of amides is 2. The molecular formula is C34H45ClN4O5. The number of Topliss-reactive ketones (excluding diaryl/α,β-unsaturated/α-hetero) is 1. The van der Waals surface area contributed by atoms with Gasteiger partial charge >= 0.3 is 6.09 Å². The Morgan fingerprint density at radius 3 is 2.57 bits per heavy atom. The van der Waals surface area contributed by atoms with Crippen molar-refractivity contribution in [1.82, 2.24) is 20.2 Å². The molecule has 0 radical (unpaired) electrons. The lowest BCUT2D eigenvalue weighted by atomic mass is 9.85. The summed E-state index contributed by atoms with van der Waals surface area (Å²) in [5.74, 6) is 1.39. The van der Waals surface area contributed by atoms with Crippen molar-refractivity contribution in [1.29, 1.82) is 0 Å². The van der Waals surface area contributed by atoms with E-state index in [4.69, 9.17) is 31.0 Å². The first-order valence-electron chi connectivity index (χ1n) is 16.4. The average molecular weight is 625 g/mol. The number of benzene rings is 1.